The fourth-order valence-corrected chi connectivity index (χ4v) is 0.933. The molecular weight excluding hydrogens is 162 g/mol. The maximum atomic E-state index is 5.62. The molecule has 0 fully saturated rings. The maximum absolute atomic E-state index is 5.62. The molecule has 0 spiro atoms. The Balaban J connectivity index is 2.59. The standard InChI is InChI=1S/C10H13N3/c1-3-4-7-12-10-6-5-9(11)8(2)13-10/h1,5-6H,4,7,11H2,2H3,(H,12,13). The smallest absolute Gasteiger partial charge is 0.126 e. The number of nitrogens with zero attached hydrogens (tertiary/aromatic N) is 1. The summed E-state index contributed by atoms with van der Waals surface area (Å²) in [5, 5.41) is 3.10. The number of pyridine rings is 1. The second-order valence-corrected chi connectivity index (χ2v) is 2.75. The molecule has 1 aromatic heterocycles. The van der Waals surface area contributed by atoms with Crippen molar-refractivity contribution in [3.05, 3.63) is 17.8 Å². The van der Waals surface area contributed by atoms with Crippen molar-refractivity contribution < 1.29 is 0 Å². The zero-order chi connectivity index (χ0) is 9.68. The fraction of sp³-hybridized carbons (Fsp3) is 0.300. The van der Waals surface area contributed by atoms with Gasteiger partial charge in [-0.15, -0.1) is 12.3 Å². The van der Waals surface area contributed by atoms with E-state index in [1.165, 1.54) is 0 Å². The Labute approximate surface area is 78.4 Å². The molecule has 0 aromatic carbocycles. The zero-order valence-corrected chi connectivity index (χ0v) is 7.67. The fourth-order valence-electron chi connectivity index (χ4n) is 0.933. The Morgan fingerprint density at radius 1 is 1.62 bits per heavy atom. The Morgan fingerprint density at radius 2 is 2.38 bits per heavy atom. The average Bonchev–Trinajstić information content (AvgIpc) is 2.12. The van der Waals surface area contributed by atoms with Gasteiger partial charge in [0, 0.05) is 13.0 Å². The van der Waals surface area contributed by atoms with E-state index < -0.39 is 0 Å². The lowest BCUT2D eigenvalue weighted by Gasteiger charge is -2.05. The van der Waals surface area contributed by atoms with Crippen molar-refractivity contribution in [2.75, 3.05) is 17.6 Å². The summed E-state index contributed by atoms with van der Waals surface area (Å²) in [6, 6.07) is 3.68. The van der Waals surface area contributed by atoms with Crippen LogP contribution in [0.1, 0.15) is 12.1 Å². The number of hydrogen-bond acceptors (Lipinski definition) is 3. The van der Waals surface area contributed by atoms with Crippen LogP contribution >= 0.6 is 0 Å². The predicted molar refractivity (Wildman–Crippen MR) is 55.3 cm³/mol. The van der Waals surface area contributed by atoms with Crippen LogP contribution in [0.2, 0.25) is 0 Å². The van der Waals surface area contributed by atoms with Crippen LogP contribution in [0.15, 0.2) is 12.1 Å². The minimum atomic E-state index is 0.700. The van der Waals surface area contributed by atoms with Crippen LogP contribution < -0.4 is 11.1 Å². The molecular formula is C10H13N3. The van der Waals surface area contributed by atoms with Crippen molar-refractivity contribution in [3.8, 4) is 12.3 Å². The summed E-state index contributed by atoms with van der Waals surface area (Å²) in [5.74, 6) is 3.37. The van der Waals surface area contributed by atoms with Gasteiger partial charge in [-0.2, -0.15) is 0 Å². The average molecular weight is 175 g/mol. The summed E-state index contributed by atoms with van der Waals surface area (Å²) in [6.07, 6.45) is 5.82. The van der Waals surface area contributed by atoms with Gasteiger partial charge in [-0.3, -0.25) is 0 Å². The molecule has 0 atom stereocenters. The summed E-state index contributed by atoms with van der Waals surface area (Å²) < 4.78 is 0. The van der Waals surface area contributed by atoms with Crippen LogP contribution in [0.5, 0.6) is 0 Å². The lowest BCUT2D eigenvalue weighted by molar-refractivity contribution is 1.06. The predicted octanol–water partition coefficient (Wildman–Crippen LogP) is 1.41. The van der Waals surface area contributed by atoms with Crippen molar-refractivity contribution in [1.82, 2.24) is 4.98 Å². The van der Waals surface area contributed by atoms with Gasteiger partial charge in [-0.05, 0) is 19.1 Å². The number of aryl methyl sites for hydroxylation is 1. The molecule has 0 aliphatic heterocycles. The number of anilines is 2. The summed E-state index contributed by atoms with van der Waals surface area (Å²) in [5.41, 5.74) is 7.17. The first kappa shape index (κ1) is 9.40. The van der Waals surface area contributed by atoms with E-state index in [2.05, 4.69) is 16.2 Å². The Bertz CT molecular complexity index is 325. The van der Waals surface area contributed by atoms with Crippen LogP contribution in [0.4, 0.5) is 11.5 Å². The van der Waals surface area contributed by atoms with Crippen LogP contribution in [0, 0.1) is 19.3 Å². The first-order valence-corrected chi connectivity index (χ1v) is 4.14. The van der Waals surface area contributed by atoms with E-state index in [9.17, 15) is 0 Å². The van der Waals surface area contributed by atoms with Crippen molar-refractivity contribution in [2.24, 2.45) is 0 Å². The highest BCUT2D eigenvalue weighted by Gasteiger charge is 1.96. The van der Waals surface area contributed by atoms with Gasteiger partial charge < -0.3 is 11.1 Å². The normalized spacial score (nSPS) is 9.23. The molecule has 0 radical (unpaired) electrons. The van der Waals surface area contributed by atoms with Gasteiger partial charge in [0.2, 0.25) is 0 Å². The Hall–Kier alpha value is -1.69. The number of nitrogens with two attached hydrogens (primary N) is 1. The highest BCUT2D eigenvalue weighted by atomic mass is 15.0. The van der Waals surface area contributed by atoms with Gasteiger partial charge in [0.1, 0.15) is 5.82 Å². The third-order valence-electron chi connectivity index (χ3n) is 1.70. The number of aromatic nitrogens is 1. The number of rotatable bonds is 3. The third-order valence-corrected chi connectivity index (χ3v) is 1.70. The summed E-state index contributed by atoms with van der Waals surface area (Å²) in [7, 11) is 0. The molecule has 1 heterocycles. The number of hydrogen-bond donors (Lipinski definition) is 2. The van der Waals surface area contributed by atoms with E-state index in [4.69, 9.17) is 12.2 Å². The molecule has 3 N–H and O–H groups in total. The molecule has 0 saturated heterocycles. The second kappa shape index (κ2) is 4.36. The first-order valence-electron chi connectivity index (χ1n) is 4.14. The van der Waals surface area contributed by atoms with Gasteiger partial charge in [0.05, 0.1) is 11.4 Å². The van der Waals surface area contributed by atoms with Crippen molar-refractivity contribution in [1.29, 1.82) is 0 Å². The Morgan fingerprint density at radius 3 is 3.00 bits per heavy atom. The van der Waals surface area contributed by atoms with Gasteiger partial charge in [-0.25, -0.2) is 4.98 Å². The molecule has 3 nitrogen and oxygen atoms in total. The minimum Gasteiger partial charge on any atom is -0.397 e. The Kier molecular flexibility index (Phi) is 3.15. The summed E-state index contributed by atoms with van der Waals surface area (Å²) in [6.45, 7) is 2.62. The van der Waals surface area contributed by atoms with E-state index in [1.54, 1.807) is 0 Å². The van der Waals surface area contributed by atoms with E-state index in [-0.39, 0.29) is 0 Å². The summed E-state index contributed by atoms with van der Waals surface area (Å²) >= 11 is 0. The highest BCUT2D eigenvalue weighted by molar-refractivity contribution is 5.48. The lowest BCUT2D eigenvalue weighted by Crippen LogP contribution is -2.04. The molecule has 0 aliphatic rings. The molecule has 0 unspecified atom stereocenters. The molecule has 1 aromatic rings. The van der Waals surface area contributed by atoms with Crippen molar-refractivity contribution in [2.45, 2.75) is 13.3 Å². The molecule has 68 valence electrons. The zero-order valence-electron chi connectivity index (χ0n) is 7.67. The van der Waals surface area contributed by atoms with E-state index >= 15 is 0 Å². The maximum Gasteiger partial charge on any atom is 0.126 e. The molecule has 0 saturated carbocycles. The molecule has 13 heavy (non-hydrogen) atoms. The molecule has 0 amide bonds. The molecule has 0 aliphatic carbocycles. The van der Waals surface area contributed by atoms with Gasteiger partial charge in [-0.1, -0.05) is 0 Å². The van der Waals surface area contributed by atoms with E-state index in [0.717, 1.165) is 18.1 Å². The van der Waals surface area contributed by atoms with E-state index in [0.29, 0.717) is 12.1 Å². The number of nitrogen functional groups attached to an aromatic ring is 1. The SMILES string of the molecule is C#CCCNc1ccc(N)c(C)n1. The van der Waals surface area contributed by atoms with Crippen molar-refractivity contribution in [3.63, 3.8) is 0 Å². The number of terminal acetylenes is 1. The monoisotopic (exact) mass is 175 g/mol. The van der Waals surface area contributed by atoms with Gasteiger partial charge in [0.25, 0.3) is 0 Å². The van der Waals surface area contributed by atoms with Crippen LogP contribution in [0.3, 0.4) is 0 Å². The minimum absolute atomic E-state index is 0.700. The van der Waals surface area contributed by atoms with Crippen LogP contribution in [-0.4, -0.2) is 11.5 Å². The molecule has 1 rings (SSSR count). The largest absolute Gasteiger partial charge is 0.397 e. The molecule has 3 heteroatoms. The first-order chi connectivity index (χ1) is 6.24. The number of nitrogens with one attached hydrogen (secondary N) is 1. The van der Waals surface area contributed by atoms with Gasteiger partial charge in [0.15, 0.2) is 0 Å². The van der Waals surface area contributed by atoms with Crippen LogP contribution in [-0.2, 0) is 0 Å². The van der Waals surface area contributed by atoms with E-state index in [1.807, 2.05) is 19.1 Å². The quantitative estimate of drug-likeness (QED) is 0.539. The topological polar surface area (TPSA) is 50.9 Å². The van der Waals surface area contributed by atoms with Gasteiger partial charge >= 0.3 is 0 Å². The molecule has 0 bridgehead atoms. The summed E-state index contributed by atoms with van der Waals surface area (Å²) in [4.78, 5) is 4.24. The second-order valence-electron chi connectivity index (χ2n) is 2.75. The van der Waals surface area contributed by atoms with Crippen LogP contribution in [0.25, 0.3) is 0 Å². The highest BCUT2D eigenvalue weighted by Crippen LogP contribution is 2.11. The lowest BCUT2D eigenvalue weighted by atomic mass is 10.3. The third kappa shape index (κ3) is 2.68. The van der Waals surface area contributed by atoms with Crippen molar-refractivity contribution >= 4 is 11.5 Å².